The Bertz CT molecular complexity index is 362. The molecule has 2 saturated heterocycles. The highest BCUT2D eigenvalue weighted by Gasteiger charge is 2.29. The second kappa shape index (κ2) is 6.91. The molecular weight excluding hydrogens is 291 g/mol. The molecule has 4 nitrogen and oxygen atoms in total. The average molecular weight is 311 g/mol. The Morgan fingerprint density at radius 2 is 2.00 bits per heavy atom. The number of fused-ring (bicyclic) bond motifs is 2. The summed E-state index contributed by atoms with van der Waals surface area (Å²) in [5.74, 6) is 0. The summed E-state index contributed by atoms with van der Waals surface area (Å²) < 4.78 is 0. The Morgan fingerprint density at radius 1 is 1.33 bits per heavy atom. The number of hydrogen-bond acceptors (Lipinski definition) is 5. The van der Waals surface area contributed by atoms with Gasteiger partial charge in [0.1, 0.15) is 0 Å². The number of piperazine rings is 1. The van der Waals surface area contributed by atoms with Crippen LogP contribution < -0.4 is 11.1 Å². The SMILES string of the molecule is Cl.Cl.Nc1ncc(CN2CC3CCCC(C2)N3)s1. The first-order chi connectivity index (χ1) is 7.79. The van der Waals surface area contributed by atoms with E-state index >= 15 is 0 Å². The smallest absolute Gasteiger partial charge is 0.180 e. The topological polar surface area (TPSA) is 54.2 Å². The van der Waals surface area contributed by atoms with Crippen molar-refractivity contribution in [1.82, 2.24) is 15.2 Å². The van der Waals surface area contributed by atoms with Crippen LogP contribution in [0.3, 0.4) is 0 Å². The summed E-state index contributed by atoms with van der Waals surface area (Å²) in [4.78, 5) is 7.94. The first-order valence-corrected chi connectivity index (χ1v) is 6.80. The molecule has 2 unspecified atom stereocenters. The number of thiazole rings is 1. The molecule has 0 aromatic carbocycles. The summed E-state index contributed by atoms with van der Waals surface area (Å²) in [7, 11) is 0. The fourth-order valence-electron chi connectivity index (χ4n) is 2.84. The van der Waals surface area contributed by atoms with Gasteiger partial charge in [-0.05, 0) is 12.8 Å². The van der Waals surface area contributed by atoms with Crippen molar-refractivity contribution >= 4 is 41.3 Å². The standard InChI is InChI=1S/C11H18N4S.2ClH/c12-11-13-4-10(16-11)7-15-5-8-2-1-3-9(6-15)14-8;;/h4,8-9,14H,1-3,5-7H2,(H2,12,13);2*1H. The maximum Gasteiger partial charge on any atom is 0.180 e. The number of piperidine rings is 1. The molecule has 18 heavy (non-hydrogen) atoms. The molecule has 1 aromatic heterocycles. The molecule has 7 heteroatoms. The number of halogens is 2. The lowest BCUT2D eigenvalue weighted by molar-refractivity contribution is 0.120. The minimum Gasteiger partial charge on any atom is -0.375 e. The highest BCUT2D eigenvalue weighted by molar-refractivity contribution is 7.15. The Labute approximate surface area is 124 Å². The van der Waals surface area contributed by atoms with Gasteiger partial charge in [0.15, 0.2) is 5.13 Å². The van der Waals surface area contributed by atoms with Crippen LogP contribution in [0.25, 0.3) is 0 Å². The first-order valence-electron chi connectivity index (χ1n) is 5.98. The van der Waals surface area contributed by atoms with Crippen molar-refractivity contribution in [2.45, 2.75) is 37.9 Å². The van der Waals surface area contributed by atoms with Crippen molar-refractivity contribution in [3.63, 3.8) is 0 Å². The summed E-state index contributed by atoms with van der Waals surface area (Å²) in [5.41, 5.74) is 5.65. The van der Waals surface area contributed by atoms with Crippen molar-refractivity contribution in [3.05, 3.63) is 11.1 Å². The Balaban J connectivity index is 0.000000810. The van der Waals surface area contributed by atoms with Gasteiger partial charge in [-0.25, -0.2) is 4.98 Å². The molecule has 2 bridgehead atoms. The van der Waals surface area contributed by atoms with E-state index in [1.807, 2.05) is 6.20 Å². The lowest BCUT2D eigenvalue weighted by Crippen LogP contribution is -2.58. The van der Waals surface area contributed by atoms with Crippen LogP contribution >= 0.6 is 36.2 Å². The largest absolute Gasteiger partial charge is 0.375 e. The number of nitrogens with one attached hydrogen (secondary N) is 1. The van der Waals surface area contributed by atoms with Crippen LogP contribution in [0.2, 0.25) is 0 Å². The van der Waals surface area contributed by atoms with E-state index in [2.05, 4.69) is 15.2 Å². The molecule has 0 amide bonds. The molecule has 104 valence electrons. The quantitative estimate of drug-likeness (QED) is 0.876. The number of hydrogen-bond donors (Lipinski definition) is 2. The highest BCUT2D eigenvalue weighted by atomic mass is 35.5. The van der Waals surface area contributed by atoms with Gasteiger partial charge in [0.25, 0.3) is 0 Å². The average Bonchev–Trinajstić information content (AvgIpc) is 2.63. The highest BCUT2D eigenvalue weighted by Crippen LogP contribution is 2.23. The van der Waals surface area contributed by atoms with Gasteiger partial charge >= 0.3 is 0 Å². The van der Waals surface area contributed by atoms with Gasteiger partial charge in [0, 0.05) is 42.8 Å². The van der Waals surface area contributed by atoms with Crippen molar-refractivity contribution in [2.24, 2.45) is 0 Å². The number of nitrogens with zero attached hydrogens (tertiary/aromatic N) is 2. The molecule has 2 aliphatic rings. The minimum absolute atomic E-state index is 0. The lowest BCUT2D eigenvalue weighted by Gasteiger charge is -2.42. The number of likely N-dealkylation sites (tertiary alicyclic amines) is 1. The fourth-order valence-corrected chi connectivity index (χ4v) is 3.57. The lowest BCUT2D eigenvalue weighted by atomic mass is 9.94. The van der Waals surface area contributed by atoms with Gasteiger partial charge < -0.3 is 11.1 Å². The Morgan fingerprint density at radius 3 is 2.56 bits per heavy atom. The van der Waals surface area contributed by atoms with Crippen LogP contribution in [0, 0.1) is 0 Å². The van der Waals surface area contributed by atoms with Crippen LogP contribution in [-0.2, 0) is 6.54 Å². The maximum atomic E-state index is 5.65. The predicted octanol–water partition coefficient (Wildman–Crippen LogP) is 1.90. The molecule has 3 rings (SSSR count). The molecule has 3 heterocycles. The summed E-state index contributed by atoms with van der Waals surface area (Å²) in [5, 5.41) is 4.38. The maximum absolute atomic E-state index is 5.65. The van der Waals surface area contributed by atoms with Crippen LogP contribution in [0.5, 0.6) is 0 Å². The van der Waals surface area contributed by atoms with Gasteiger partial charge in [-0.15, -0.1) is 36.2 Å². The van der Waals surface area contributed by atoms with Crippen molar-refractivity contribution in [2.75, 3.05) is 18.8 Å². The number of nitrogens with two attached hydrogens (primary N) is 1. The summed E-state index contributed by atoms with van der Waals surface area (Å²) >= 11 is 1.61. The zero-order chi connectivity index (χ0) is 11.0. The second-order valence-corrected chi connectivity index (χ2v) is 6.00. The third kappa shape index (κ3) is 3.71. The normalized spacial score (nSPS) is 27.1. The van der Waals surface area contributed by atoms with E-state index in [0.717, 1.165) is 6.54 Å². The van der Waals surface area contributed by atoms with E-state index in [0.29, 0.717) is 17.2 Å². The van der Waals surface area contributed by atoms with E-state index in [9.17, 15) is 0 Å². The summed E-state index contributed by atoms with van der Waals surface area (Å²) in [6.45, 7) is 3.37. The van der Waals surface area contributed by atoms with Gasteiger partial charge in [0.05, 0.1) is 0 Å². The van der Waals surface area contributed by atoms with Crippen LogP contribution in [-0.4, -0.2) is 35.1 Å². The van der Waals surface area contributed by atoms with Crippen molar-refractivity contribution in [3.8, 4) is 0 Å². The fraction of sp³-hybridized carbons (Fsp3) is 0.727. The summed E-state index contributed by atoms with van der Waals surface area (Å²) in [6.07, 6.45) is 5.97. The first kappa shape index (κ1) is 16.0. The second-order valence-electron chi connectivity index (χ2n) is 4.85. The number of nitrogen functional groups attached to an aromatic ring is 1. The van der Waals surface area contributed by atoms with Crippen molar-refractivity contribution < 1.29 is 0 Å². The molecule has 2 aliphatic heterocycles. The van der Waals surface area contributed by atoms with E-state index in [4.69, 9.17) is 5.73 Å². The number of aromatic nitrogens is 1. The third-order valence-corrected chi connectivity index (χ3v) is 4.30. The van der Waals surface area contributed by atoms with Crippen LogP contribution in [0.1, 0.15) is 24.1 Å². The molecule has 2 atom stereocenters. The van der Waals surface area contributed by atoms with E-state index in [1.54, 1.807) is 11.3 Å². The van der Waals surface area contributed by atoms with Crippen LogP contribution in [0.4, 0.5) is 5.13 Å². The number of anilines is 1. The summed E-state index contributed by atoms with van der Waals surface area (Å²) in [6, 6.07) is 1.41. The van der Waals surface area contributed by atoms with Crippen molar-refractivity contribution in [1.29, 1.82) is 0 Å². The molecule has 0 aliphatic carbocycles. The molecule has 2 fully saturated rings. The van der Waals surface area contributed by atoms with Crippen LogP contribution in [0.15, 0.2) is 6.20 Å². The van der Waals surface area contributed by atoms with E-state index < -0.39 is 0 Å². The third-order valence-electron chi connectivity index (χ3n) is 3.48. The molecule has 0 radical (unpaired) electrons. The molecule has 3 N–H and O–H groups in total. The van der Waals surface area contributed by atoms with Gasteiger partial charge in [-0.1, -0.05) is 6.42 Å². The predicted molar refractivity (Wildman–Crippen MR) is 80.9 cm³/mol. The minimum atomic E-state index is 0. The Hall–Kier alpha value is -0.0700. The van der Waals surface area contributed by atoms with Gasteiger partial charge in [0.2, 0.25) is 0 Å². The van der Waals surface area contributed by atoms with E-state index in [1.165, 1.54) is 37.2 Å². The van der Waals surface area contributed by atoms with E-state index in [-0.39, 0.29) is 24.8 Å². The van der Waals surface area contributed by atoms with Gasteiger partial charge in [-0.3, -0.25) is 4.90 Å². The van der Waals surface area contributed by atoms with Gasteiger partial charge in [-0.2, -0.15) is 0 Å². The zero-order valence-corrected chi connectivity index (χ0v) is 12.6. The monoisotopic (exact) mass is 310 g/mol. The molecular formula is C11H20Cl2N4S. The molecule has 0 saturated carbocycles. The number of rotatable bonds is 2. The Kier molecular flexibility index (Phi) is 6.14. The molecule has 0 spiro atoms. The zero-order valence-electron chi connectivity index (χ0n) is 10.2. The molecule has 1 aromatic rings.